The number of aromatic hydroxyl groups is 1. The van der Waals surface area contributed by atoms with Crippen molar-refractivity contribution in [3.63, 3.8) is 0 Å². The van der Waals surface area contributed by atoms with Crippen LogP contribution in [0.2, 0.25) is 0 Å². The molecule has 5 nitrogen and oxygen atoms in total. The molecule has 2 fully saturated rings. The zero-order valence-electron chi connectivity index (χ0n) is 15.5. The van der Waals surface area contributed by atoms with Crippen molar-refractivity contribution in [2.75, 3.05) is 11.4 Å². The minimum Gasteiger partial charge on any atom is -0.508 e. The Morgan fingerprint density at radius 3 is 2.79 bits per heavy atom. The van der Waals surface area contributed by atoms with Gasteiger partial charge in [-0.3, -0.25) is 9.59 Å². The third kappa shape index (κ3) is 3.46. The van der Waals surface area contributed by atoms with Gasteiger partial charge < -0.3 is 15.3 Å². The molecule has 2 amide bonds. The molecule has 0 bridgehead atoms. The first-order valence-electron chi connectivity index (χ1n) is 9.64. The number of carbonyl (C=O) groups is 2. The van der Waals surface area contributed by atoms with Gasteiger partial charge in [-0.15, -0.1) is 0 Å². The van der Waals surface area contributed by atoms with E-state index in [-0.39, 0.29) is 23.6 Å². The highest BCUT2D eigenvalue weighted by Gasteiger charge is 2.49. The third-order valence-corrected chi connectivity index (χ3v) is 5.92. The first-order chi connectivity index (χ1) is 13.5. The van der Waals surface area contributed by atoms with E-state index < -0.39 is 11.2 Å². The minimum atomic E-state index is -0.483. The van der Waals surface area contributed by atoms with Crippen LogP contribution in [0.4, 0.5) is 10.1 Å². The monoisotopic (exact) mass is 382 g/mol. The van der Waals surface area contributed by atoms with E-state index >= 15 is 0 Å². The normalized spacial score (nSPS) is 24.5. The Kier molecular flexibility index (Phi) is 4.79. The molecular weight excluding hydrogens is 359 g/mol. The molecule has 1 spiro atoms. The number of hydrogen-bond acceptors (Lipinski definition) is 3. The molecule has 6 heteroatoms. The Morgan fingerprint density at radius 1 is 1.18 bits per heavy atom. The molecule has 146 valence electrons. The summed E-state index contributed by atoms with van der Waals surface area (Å²) in [6, 6.07) is 12.2. The first-order valence-corrected chi connectivity index (χ1v) is 9.64. The topological polar surface area (TPSA) is 69.6 Å². The lowest BCUT2D eigenvalue weighted by Gasteiger charge is -2.37. The highest BCUT2D eigenvalue weighted by molar-refractivity contribution is 6.00. The van der Waals surface area contributed by atoms with Crippen molar-refractivity contribution in [1.29, 1.82) is 0 Å². The fourth-order valence-corrected chi connectivity index (χ4v) is 4.53. The van der Waals surface area contributed by atoms with Gasteiger partial charge in [0.1, 0.15) is 11.6 Å². The maximum atomic E-state index is 13.4. The standard InChI is InChI=1S/C22H23FN2O3/c23-16-5-1-4-15(12-16)20(27)24-17-6-3-9-22(14-17)10-11-25(21(22)28)18-7-2-8-19(26)13-18/h1-2,4-5,7-8,12-13,17,26H,3,6,9-11,14H2,(H,24,27). The smallest absolute Gasteiger partial charge is 0.251 e. The van der Waals surface area contributed by atoms with Gasteiger partial charge in [-0.25, -0.2) is 4.39 Å². The molecule has 2 aromatic rings. The van der Waals surface area contributed by atoms with Crippen molar-refractivity contribution in [2.45, 2.75) is 38.1 Å². The van der Waals surface area contributed by atoms with E-state index in [0.29, 0.717) is 24.2 Å². The number of halogens is 1. The first kappa shape index (κ1) is 18.5. The summed E-state index contributed by atoms with van der Waals surface area (Å²) in [6.45, 7) is 0.604. The second-order valence-electron chi connectivity index (χ2n) is 7.78. The molecule has 2 N–H and O–H groups in total. The van der Waals surface area contributed by atoms with Gasteiger partial charge in [0.25, 0.3) is 5.91 Å². The molecule has 2 aromatic carbocycles. The lowest BCUT2D eigenvalue weighted by Crippen LogP contribution is -2.46. The Hall–Kier alpha value is -2.89. The summed E-state index contributed by atoms with van der Waals surface area (Å²) in [5.74, 6) is -0.560. The quantitative estimate of drug-likeness (QED) is 0.852. The summed E-state index contributed by atoms with van der Waals surface area (Å²) < 4.78 is 13.4. The number of phenols is 1. The number of rotatable bonds is 3. The maximum absolute atomic E-state index is 13.4. The molecule has 1 aliphatic carbocycles. The maximum Gasteiger partial charge on any atom is 0.251 e. The highest BCUT2D eigenvalue weighted by Crippen LogP contribution is 2.46. The molecule has 0 radical (unpaired) electrons. The lowest BCUT2D eigenvalue weighted by molar-refractivity contribution is -0.127. The molecule has 1 heterocycles. The lowest BCUT2D eigenvalue weighted by atomic mass is 9.71. The summed E-state index contributed by atoms with van der Waals surface area (Å²) in [4.78, 5) is 27.4. The van der Waals surface area contributed by atoms with Crippen molar-refractivity contribution in [3.8, 4) is 5.75 Å². The predicted octanol–water partition coefficient (Wildman–Crippen LogP) is 3.63. The molecule has 2 aliphatic rings. The third-order valence-electron chi connectivity index (χ3n) is 5.92. The SMILES string of the molecule is O=C(NC1CCCC2(CCN(c3cccc(O)c3)C2=O)C1)c1cccc(F)c1. The van der Waals surface area contributed by atoms with Crippen molar-refractivity contribution < 1.29 is 19.1 Å². The van der Waals surface area contributed by atoms with Gasteiger partial charge in [0, 0.05) is 29.9 Å². The van der Waals surface area contributed by atoms with Crippen LogP contribution in [0.1, 0.15) is 42.5 Å². The zero-order valence-corrected chi connectivity index (χ0v) is 15.5. The molecule has 1 saturated heterocycles. The summed E-state index contributed by atoms with van der Waals surface area (Å²) in [7, 11) is 0. The largest absolute Gasteiger partial charge is 0.508 e. The van der Waals surface area contributed by atoms with Gasteiger partial charge in [-0.05, 0) is 56.0 Å². The van der Waals surface area contributed by atoms with E-state index in [4.69, 9.17) is 0 Å². The van der Waals surface area contributed by atoms with Crippen LogP contribution in [-0.4, -0.2) is 29.5 Å². The van der Waals surface area contributed by atoms with Gasteiger partial charge in [0.15, 0.2) is 0 Å². The van der Waals surface area contributed by atoms with Crippen molar-refractivity contribution in [1.82, 2.24) is 5.32 Å². The number of anilines is 1. The number of benzene rings is 2. The van der Waals surface area contributed by atoms with Crippen LogP contribution in [0.3, 0.4) is 0 Å². The van der Waals surface area contributed by atoms with E-state index in [1.54, 1.807) is 29.2 Å². The van der Waals surface area contributed by atoms with Crippen LogP contribution in [0.5, 0.6) is 5.75 Å². The fourth-order valence-electron chi connectivity index (χ4n) is 4.53. The van der Waals surface area contributed by atoms with Gasteiger partial charge in [-0.1, -0.05) is 18.6 Å². The number of nitrogens with zero attached hydrogens (tertiary/aromatic N) is 1. The molecule has 2 atom stereocenters. The van der Waals surface area contributed by atoms with E-state index in [1.165, 1.54) is 18.2 Å². The van der Waals surface area contributed by atoms with E-state index in [1.807, 2.05) is 6.07 Å². The second-order valence-corrected chi connectivity index (χ2v) is 7.78. The van der Waals surface area contributed by atoms with E-state index in [0.717, 1.165) is 25.7 Å². The minimum absolute atomic E-state index is 0.0582. The number of nitrogens with one attached hydrogen (secondary N) is 1. The van der Waals surface area contributed by atoms with Crippen LogP contribution in [0, 0.1) is 11.2 Å². The van der Waals surface area contributed by atoms with Gasteiger partial charge in [0.2, 0.25) is 5.91 Å². The average molecular weight is 382 g/mol. The van der Waals surface area contributed by atoms with Crippen LogP contribution in [0.25, 0.3) is 0 Å². The van der Waals surface area contributed by atoms with Crippen LogP contribution < -0.4 is 10.2 Å². The van der Waals surface area contributed by atoms with Crippen molar-refractivity contribution in [2.24, 2.45) is 5.41 Å². The fraction of sp³-hybridized carbons (Fsp3) is 0.364. The Morgan fingerprint density at radius 2 is 2.00 bits per heavy atom. The van der Waals surface area contributed by atoms with E-state index in [9.17, 15) is 19.1 Å². The summed E-state index contributed by atoms with van der Waals surface area (Å²) in [6.07, 6.45) is 3.78. The van der Waals surface area contributed by atoms with Gasteiger partial charge >= 0.3 is 0 Å². The van der Waals surface area contributed by atoms with Gasteiger partial charge in [0.05, 0.1) is 5.41 Å². The number of hydrogen-bond donors (Lipinski definition) is 2. The molecule has 28 heavy (non-hydrogen) atoms. The summed E-state index contributed by atoms with van der Waals surface area (Å²) >= 11 is 0. The zero-order chi connectivity index (χ0) is 19.7. The Balaban J connectivity index is 1.47. The molecule has 2 unspecified atom stereocenters. The molecule has 0 aromatic heterocycles. The molecule has 1 saturated carbocycles. The second kappa shape index (κ2) is 7.26. The Bertz CT molecular complexity index is 916. The summed E-state index contributed by atoms with van der Waals surface area (Å²) in [5, 5.41) is 12.7. The van der Waals surface area contributed by atoms with Gasteiger partial charge in [-0.2, -0.15) is 0 Å². The number of phenolic OH excluding ortho intramolecular Hbond substituents is 1. The van der Waals surface area contributed by atoms with Crippen LogP contribution in [-0.2, 0) is 4.79 Å². The summed E-state index contributed by atoms with van der Waals surface area (Å²) in [5.41, 5.74) is 0.510. The van der Waals surface area contributed by atoms with Crippen molar-refractivity contribution in [3.05, 3.63) is 59.9 Å². The van der Waals surface area contributed by atoms with E-state index in [2.05, 4.69) is 5.32 Å². The Labute approximate surface area is 163 Å². The van der Waals surface area contributed by atoms with Crippen molar-refractivity contribution >= 4 is 17.5 Å². The highest BCUT2D eigenvalue weighted by atomic mass is 19.1. The van der Waals surface area contributed by atoms with Crippen LogP contribution in [0.15, 0.2) is 48.5 Å². The molecular formula is C22H23FN2O3. The van der Waals surface area contributed by atoms with Crippen LogP contribution >= 0.6 is 0 Å². The molecule has 1 aliphatic heterocycles. The predicted molar refractivity (Wildman–Crippen MR) is 104 cm³/mol. The number of amides is 2. The molecule has 4 rings (SSSR count). The number of carbonyl (C=O) groups excluding carboxylic acids is 2. The average Bonchev–Trinajstić information content (AvgIpc) is 2.97.